The van der Waals surface area contributed by atoms with E-state index in [4.69, 9.17) is 9.97 Å². The van der Waals surface area contributed by atoms with Gasteiger partial charge >= 0.3 is 0 Å². The highest BCUT2D eigenvalue weighted by atomic mass is 14.9. The number of aromatic nitrogens is 2. The first-order valence-corrected chi connectivity index (χ1v) is 17.0. The Morgan fingerprint density at radius 3 is 1.86 bits per heavy atom. The van der Waals surface area contributed by atoms with Crippen molar-refractivity contribution in [3.8, 4) is 45.0 Å². The van der Waals surface area contributed by atoms with Crippen molar-refractivity contribution in [2.24, 2.45) is 0 Å². The van der Waals surface area contributed by atoms with Crippen LogP contribution in [0, 0.1) is 0 Å². The van der Waals surface area contributed by atoms with Crippen LogP contribution in [0.5, 0.6) is 0 Å². The minimum Gasteiger partial charge on any atom is -0.228 e. The largest absolute Gasteiger partial charge is 0.228 e. The second-order valence-electron chi connectivity index (χ2n) is 13.8. The van der Waals surface area contributed by atoms with Gasteiger partial charge in [0, 0.05) is 22.1 Å². The van der Waals surface area contributed by atoms with E-state index in [0.717, 1.165) is 33.9 Å². The Labute approximate surface area is 285 Å². The fourth-order valence-electron chi connectivity index (χ4n) is 8.12. The molecule has 0 fully saturated rings. The Morgan fingerprint density at radius 2 is 1.04 bits per heavy atom. The molecule has 1 aliphatic rings. The van der Waals surface area contributed by atoms with E-state index < -0.39 is 0 Å². The molecule has 0 N–H and O–H groups in total. The van der Waals surface area contributed by atoms with Crippen LogP contribution in [0.3, 0.4) is 0 Å². The molecule has 1 heterocycles. The lowest BCUT2D eigenvalue weighted by atomic mass is 9.81. The van der Waals surface area contributed by atoms with Crippen LogP contribution in [0.4, 0.5) is 0 Å². The van der Waals surface area contributed by atoms with Crippen molar-refractivity contribution in [3.63, 3.8) is 0 Å². The molecule has 2 heteroatoms. The summed E-state index contributed by atoms with van der Waals surface area (Å²) in [7, 11) is 0. The van der Waals surface area contributed by atoms with E-state index in [2.05, 4.69) is 166 Å². The molecule has 0 aliphatic heterocycles. The standard InChI is InChI=1S/C47H32N2/c1-47(2)41-18-10-17-39(45(41)40-26-31-14-6-7-15-32(31)27-42(40)47)44-28-43(48-46(49-44)30-12-4-3-5-13-30)34-21-22-36-33(25-34)20-24-37-35-16-9-8-11-29(35)19-23-38(36)37/h3-28H,1-2H3. The van der Waals surface area contributed by atoms with Gasteiger partial charge in [0.2, 0.25) is 0 Å². The van der Waals surface area contributed by atoms with Crippen molar-refractivity contribution in [1.29, 1.82) is 0 Å². The summed E-state index contributed by atoms with van der Waals surface area (Å²) in [5.74, 6) is 0.728. The Balaban J connectivity index is 1.19. The van der Waals surface area contributed by atoms with Gasteiger partial charge in [-0.3, -0.25) is 0 Å². The molecule has 2 nitrogen and oxygen atoms in total. The summed E-state index contributed by atoms with van der Waals surface area (Å²) in [5, 5.41) is 10.1. The zero-order chi connectivity index (χ0) is 32.7. The van der Waals surface area contributed by atoms with Gasteiger partial charge in [-0.05, 0) is 89.6 Å². The summed E-state index contributed by atoms with van der Waals surface area (Å²) in [6.45, 7) is 4.69. The number of fused-ring (bicyclic) bond motifs is 9. The van der Waals surface area contributed by atoms with E-state index in [9.17, 15) is 0 Å². The predicted octanol–water partition coefficient (Wildman–Crippen LogP) is 12.4. The molecular weight excluding hydrogens is 593 g/mol. The molecule has 0 radical (unpaired) electrons. The number of hydrogen-bond donors (Lipinski definition) is 0. The van der Waals surface area contributed by atoms with Gasteiger partial charge in [0.1, 0.15) is 0 Å². The molecule has 0 unspecified atom stereocenters. The molecule has 0 bridgehead atoms. The van der Waals surface area contributed by atoms with Gasteiger partial charge in [-0.15, -0.1) is 0 Å². The smallest absolute Gasteiger partial charge is 0.160 e. The minimum atomic E-state index is -0.130. The van der Waals surface area contributed by atoms with Gasteiger partial charge in [0.25, 0.3) is 0 Å². The summed E-state index contributed by atoms with van der Waals surface area (Å²) >= 11 is 0. The Hall–Kier alpha value is -6.12. The summed E-state index contributed by atoms with van der Waals surface area (Å²) < 4.78 is 0. The highest BCUT2D eigenvalue weighted by Crippen LogP contribution is 2.53. The third-order valence-corrected chi connectivity index (χ3v) is 10.6. The maximum atomic E-state index is 5.28. The molecule has 1 aliphatic carbocycles. The molecule has 0 saturated heterocycles. The van der Waals surface area contributed by atoms with Gasteiger partial charge in [0.15, 0.2) is 5.82 Å². The van der Waals surface area contributed by atoms with Crippen molar-refractivity contribution in [3.05, 3.63) is 169 Å². The highest BCUT2D eigenvalue weighted by molar-refractivity contribution is 6.17. The maximum Gasteiger partial charge on any atom is 0.160 e. The molecule has 10 rings (SSSR count). The lowest BCUT2D eigenvalue weighted by molar-refractivity contribution is 0.661. The molecule has 0 atom stereocenters. The van der Waals surface area contributed by atoms with Crippen molar-refractivity contribution < 1.29 is 0 Å². The van der Waals surface area contributed by atoms with Crippen LogP contribution in [0.2, 0.25) is 0 Å². The first-order valence-electron chi connectivity index (χ1n) is 17.0. The molecule has 9 aromatic rings. The van der Waals surface area contributed by atoms with E-state index in [1.807, 2.05) is 6.07 Å². The van der Waals surface area contributed by atoms with E-state index in [1.54, 1.807) is 0 Å². The topological polar surface area (TPSA) is 25.8 Å². The summed E-state index contributed by atoms with van der Waals surface area (Å²) in [6, 6.07) is 57.1. The summed E-state index contributed by atoms with van der Waals surface area (Å²) in [4.78, 5) is 10.5. The molecule has 8 aromatic carbocycles. The van der Waals surface area contributed by atoms with Gasteiger partial charge in [-0.2, -0.15) is 0 Å². The fraction of sp³-hybridized carbons (Fsp3) is 0.0638. The lowest BCUT2D eigenvalue weighted by Gasteiger charge is -2.22. The molecule has 0 saturated carbocycles. The van der Waals surface area contributed by atoms with Crippen LogP contribution >= 0.6 is 0 Å². The molecule has 230 valence electrons. The minimum absolute atomic E-state index is 0.130. The Morgan fingerprint density at radius 1 is 0.388 bits per heavy atom. The van der Waals surface area contributed by atoms with Crippen LogP contribution < -0.4 is 0 Å². The third-order valence-electron chi connectivity index (χ3n) is 10.6. The van der Waals surface area contributed by atoms with Crippen LogP contribution in [-0.2, 0) is 5.41 Å². The average molecular weight is 625 g/mol. The fourth-order valence-corrected chi connectivity index (χ4v) is 8.12. The van der Waals surface area contributed by atoms with Crippen LogP contribution in [-0.4, -0.2) is 9.97 Å². The Kier molecular flexibility index (Phi) is 5.95. The van der Waals surface area contributed by atoms with E-state index in [1.165, 1.54) is 65.3 Å². The van der Waals surface area contributed by atoms with Crippen molar-refractivity contribution in [1.82, 2.24) is 9.97 Å². The van der Waals surface area contributed by atoms with Crippen LogP contribution in [0.25, 0.3) is 88.1 Å². The van der Waals surface area contributed by atoms with E-state index in [-0.39, 0.29) is 5.41 Å². The lowest BCUT2D eigenvalue weighted by Crippen LogP contribution is -2.14. The van der Waals surface area contributed by atoms with Crippen LogP contribution in [0.15, 0.2) is 158 Å². The molecule has 49 heavy (non-hydrogen) atoms. The first-order chi connectivity index (χ1) is 24.0. The van der Waals surface area contributed by atoms with Gasteiger partial charge in [-0.1, -0.05) is 147 Å². The average Bonchev–Trinajstić information content (AvgIpc) is 3.38. The normalized spacial score (nSPS) is 13.3. The summed E-state index contributed by atoms with van der Waals surface area (Å²) in [6.07, 6.45) is 0. The van der Waals surface area contributed by atoms with Crippen molar-refractivity contribution in [2.45, 2.75) is 19.3 Å². The van der Waals surface area contributed by atoms with Crippen LogP contribution in [0.1, 0.15) is 25.0 Å². The predicted molar refractivity (Wildman–Crippen MR) is 206 cm³/mol. The maximum absolute atomic E-state index is 5.28. The van der Waals surface area contributed by atoms with Gasteiger partial charge < -0.3 is 0 Å². The second kappa shape index (κ2) is 10.4. The first kappa shape index (κ1) is 27.9. The summed E-state index contributed by atoms with van der Waals surface area (Å²) in [5.41, 5.74) is 10.2. The number of rotatable bonds is 3. The number of nitrogens with zero attached hydrogens (tertiary/aromatic N) is 2. The van der Waals surface area contributed by atoms with Crippen molar-refractivity contribution in [2.75, 3.05) is 0 Å². The van der Waals surface area contributed by atoms with Crippen molar-refractivity contribution >= 4 is 43.1 Å². The third kappa shape index (κ3) is 4.27. The van der Waals surface area contributed by atoms with E-state index >= 15 is 0 Å². The van der Waals surface area contributed by atoms with Gasteiger partial charge in [0.05, 0.1) is 11.4 Å². The molecule has 0 spiro atoms. The monoisotopic (exact) mass is 624 g/mol. The zero-order valence-corrected chi connectivity index (χ0v) is 27.4. The number of hydrogen-bond acceptors (Lipinski definition) is 2. The molecule has 0 amide bonds. The zero-order valence-electron chi connectivity index (χ0n) is 27.4. The molecular formula is C47H32N2. The number of benzene rings is 8. The molecule has 1 aromatic heterocycles. The second-order valence-corrected chi connectivity index (χ2v) is 13.8. The highest BCUT2D eigenvalue weighted by Gasteiger charge is 2.37. The SMILES string of the molecule is CC1(C)c2cc3ccccc3cc2-c2c(-c3cc(-c4ccc5c(ccc6c7ccccc7ccc56)c4)nc(-c4ccccc4)n3)cccc21. The van der Waals surface area contributed by atoms with Gasteiger partial charge in [-0.25, -0.2) is 9.97 Å². The Bertz CT molecular complexity index is 2790. The quantitative estimate of drug-likeness (QED) is 0.183. The van der Waals surface area contributed by atoms with E-state index in [0.29, 0.717) is 0 Å².